The van der Waals surface area contributed by atoms with Gasteiger partial charge in [-0.15, -0.1) is 0 Å². The Balaban J connectivity index is 1.18. The maximum absolute atomic E-state index is 5.40. The van der Waals surface area contributed by atoms with E-state index < -0.39 is 0 Å². The predicted molar refractivity (Wildman–Crippen MR) is 241 cm³/mol. The minimum Gasteiger partial charge on any atom is -0.277 e. The normalized spacial score (nSPS) is 13.1. The van der Waals surface area contributed by atoms with Crippen molar-refractivity contribution in [2.75, 3.05) is 0 Å². The molecule has 0 saturated carbocycles. The first kappa shape index (κ1) is 32.8. The van der Waals surface area contributed by atoms with Crippen LogP contribution in [0.4, 0.5) is 0 Å². The van der Waals surface area contributed by atoms with Crippen LogP contribution < -0.4 is 0 Å². The fourth-order valence-corrected chi connectivity index (χ4v) is 9.54. The summed E-state index contributed by atoms with van der Waals surface area (Å²) in [5.41, 5.74) is 11.5. The first-order valence-electron chi connectivity index (χ1n) is 19.9. The van der Waals surface area contributed by atoms with Crippen molar-refractivity contribution in [3.63, 3.8) is 0 Å². The molecule has 0 N–H and O–H groups in total. The van der Waals surface area contributed by atoms with E-state index in [4.69, 9.17) is 15.0 Å². The molecule has 272 valence electrons. The molecule has 0 unspecified atom stereocenters. The van der Waals surface area contributed by atoms with Crippen LogP contribution >= 0.6 is 0 Å². The summed E-state index contributed by atoms with van der Waals surface area (Å²) in [4.78, 5) is 16.0. The molecule has 0 aliphatic heterocycles. The van der Waals surface area contributed by atoms with E-state index in [9.17, 15) is 0 Å². The largest absolute Gasteiger partial charge is 0.277 e. The average Bonchev–Trinajstić information content (AvgIpc) is 3.74. The van der Waals surface area contributed by atoms with Crippen molar-refractivity contribution in [3.8, 4) is 51.0 Å². The standard InChI is InChI=1S/C54H36N4/c1-54(2)46-21-10-9-18-43(46)45-32-38(26-28-47(45)54)42-19-11-20-44-49-41-17-8-7-14-35(41)27-29-48(49)58(50(42)44)53-56-51(39-24-22-33-12-3-5-15-36(33)30-39)55-52(57-53)40-25-23-34-13-4-6-16-37(34)31-40/h3-32H,1-2H3. The second kappa shape index (κ2) is 12.3. The van der Waals surface area contributed by atoms with E-state index in [-0.39, 0.29) is 5.41 Å². The van der Waals surface area contributed by atoms with Crippen molar-refractivity contribution in [1.82, 2.24) is 19.5 Å². The van der Waals surface area contributed by atoms with Crippen LogP contribution in [-0.4, -0.2) is 19.5 Å². The van der Waals surface area contributed by atoms with Crippen LogP contribution in [0.5, 0.6) is 0 Å². The van der Waals surface area contributed by atoms with Gasteiger partial charge < -0.3 is 0 Å². The highest BCUT2D eigenvalue weighted by Crippen LogP contribution is 2.50. The monoisotopic (exact) mass is 740 g/mol. The Bertz CT molecular complexity index is 3400. The van der Waals surface area contributed by atoms with Gasteiger partial charge in [0, 0.05) is 32.9 Å². The molecular weight excluding hydrogens is 705 g/mol. The van der Waals surface area contributed by atoms with E-state index in [1.54, 1.807) is 0 Å². The Morgan fingerprint density at radius 2 is 0.948 bits per heavy atom. The summed E-state index contributed by atoms with van der Waals surface area (Å²) in [5.74, 6) is 1.84. The molecule has 2 aromatic heterocycles. The SMILES string of the molecule is CC1(C)c2ccccc2-c2cc(-c3cccc4c5c6ccccc6ccc5n(-c5nc(-c6ccc7ccccc7c6)nc(-c6ccc7ccccc7c6)n5)c34)ccc21. The Morgan fingerprint density at radius 3 is 1.67 bits per heavy atom. The van der Waals surface area contributed by atoms with Crippen LogP contribution in [0.1, 0.15) is 25.0 Å². The first-order valence-corrected chi connectivity index (χ1v) is 19.9. The highest BCUT2D eigenvalue weighted by molar-refractivity contribution is 6.23. The molecule has 9 aromatic carbocycles. The van der Waals surface area contributed by atoms with Crippen molar-refractivity contribution >= 4 is 54.1 Å². The number of fused-ring (bicyclic) bond motifs is 10. The van der Waals surface area contributed by atoms with Crippen LogP contribution in [0.15, 0.2) is 182 Å². The van der Waals surface area contributed by atoms with E-state index >= 15 is 0 Å². The third kappa shape index (κ3) is 4.85. The number of hydrogen-bond acceptors (Lipinski definition) is 3. The molecule has 0 fully saturated rings. The molecule has 0 radical (unpaired) electrons. The number of rotatable bonds is 4. The average molecular weight is 741 g/mol. The fourth-order valence-electron chi connectivity index (χ4n) is 9.54. The molecule has 4 nitrogen and oxygen atoms in total. The smallest absolute Gasteiger partial charge is 0.238 e. The zero-order valence-electron chi connectivity index (χ0n) is 32.1. The lowest BCUT2D eigenvalue weighted by Crippen LogP contribution is -2.14. The quantitative estimate of drug-likeness (QED) is 0.180. The van der Waals surface area contributed by atoms with Crippen LogP contribution in [0.3, 0.4) is 0 Å². The van der Waals surface area contributed by atoms with Gasteiger partial charge in [-0.3, -0.25) is 4.57 Å². The van der Waals surface area contributed by atoms with E-state index in [0.717, 1.165) is 49.4 Å². The minimum absolute atomic E-state index is 0.0759. The third-order valence-electron chi connectivity index (χ3n) is 12.4. The van der Waals surface area contributed by atoms with Gasteiger partial charge in [-0.2, -0.15) is 9.97 Å². The summed E-state index contributed by atoms with van der Waals surface area (Å²) < 4.78 is 2.29. The molecule has 1 aliphatic carbocycles. The van der Waals surface area contributed by atoms with Crippen molar-refractivity contribution in [1.29, 1.82) is 0 Å². The molecule has 2 heterocycles. The van der Waals surface area contributed by atoms with E-state index in [1.165, 1.54) is 49.2 Å². The van der Waals surface area contributed by atoms with Gasteiger partial charge >= 0.3 is 0 Å². The van der Waals surface area contributed by atoms with Crippen LogP contribution in [0.2, 0.25) is 0 Å². The van der Waals surface area contributed by atoms with Crippen LogP contribution in [0.25, 0.3) is 105 Å². The van der Waals surface area contributed by atoms with Gasteiger partial charge in [-0.1, -0.05) is 172 Å². The second-order valence-electron chi connectivity index (χ2n) is 16.1. The zero-order chi connectivity index (χ0) is 38.5. The highest BCUT2D eigenvalue weighted by atomic mass is 15.2. The molecule has 1 aliphatic rings. The summed E-state index contributed by atoms with van der Waals surface area (Å²) in [6.07, 6.45) is 0. The van der Waals surface area contributed by atoms with Crippen LogP contribution in [-0.2, 0) is 5.41 Å². The van der Waals surface area contributed by atoms with Crippen molar-refractivity contribution in [2.45, 2.75) is 19.3 Å². The first-order chi connectivity index (χ1) is 28.5. The molecule has 12 rings (SSSR count). The van der Waals surface area contributed by atoms with E-state index in [1.807, 2.05) is 0 Å². The van der Waals surface area contributed by atoms with E-state index in [2.05, 4.69) is 200 Å². The number of para-hydroxylation sites is 1. The number of hydrogen-bond donors (Lipinski definition) is 0. The maximum Gasteiger partial charge on any atom is 0.238 e. The summed E-state index contributed by atoms with van der Waals surface area (Å²) in [6, 6.07) is 65.5. The molecule has 4 heteroatoms. The lowest BCUT2D eigenvalue weighted by atomic mass is 9.82. The number of benzene rings is 9. The van der Waals surface area contributed by atoms with Crippen LogP contribution in [0, 0.1) is 0 Å². The summed E-state index contributed by atoms with van der Waals surface area (Å²) in [6.45, 7) is 4.67. The summed E-state index contributed by atoms with van der Waals surface area (Å²) in [7, 11) is 0. The molecule has 0 spiro atoms. The van der Waals surface area contributed by atoms with Crippen molar-refractivity contribution < 1.29 is 0 Å². The van der Waals surface area contributed by atoms with Gasteiger partial charge in [0.2, 0.25) is 5.95 Å². The second-order valence-corrected chi connectivity index (χ2v) is 16.1. The Labute approximate surface area is 335 Å². The molecular formula is C54H36N4. The Hall–Kier alpha value is -7.43. The molecule has 58 heavy (non-hydrogen) atoms. The predicted octanol–water partition coefficient (Wildman–Crippen LogP) is 13.7. The Morgan fingerprint density at radius 1 is 0.397 bits per heavy atom. The summed E-state index contributed by atoms with van der Waals surface area (Å²) >= 11 is 0. The van der Waals surface area contributed by atoms with Gasteiger partial charge in [0.1, 0.15) is 0 Å². The van der Waals surface area contributed by atoms with Crippen molar-refractivity contribution in [2.24, 2.45) is 0 Å². The maximum atomic E-state index is 5.40. The van der Waals surface area contributed by atoms with Gasteiger partial charge in [0.15, 0.2) is 11.6 Å². The van der Waals surface area contributed by atoms with Gasteiger partial charge in [-0.25, -0.2) is 4.98 Å². The Kier molecular flexibility index (Phi) is 6.94. The summed E-state index contributed by atoms with van der Waals surface area (Å²) in [5, 5.41) is 9.36. The lowest BCUT2D eigenvalue weighted by molar-refractivity contribution is 0.660. The molecule has 0 bridgehead atoms. The minimum atomic E-state index is -0.0759. The zero-order valence-corrected chi connectivity index (χ0v) is 32.1. The lowest BCUT2D eigenvalue weighted by Gasteiger charge is -2.21. The molecule has 0 atom stereocenters. The topological polar surface area (TPSA) is 43.6 Å². The van der Waals surface area contributed by atoms with Gasteiger partial charge in [0.05, 0.1) is 11.0 Å². The van der Waals surface area contributed by atoms with Crippen molar-refractivity contribution in [3.05, 3.63) is 193 Å². The number of aromatic nitrogens is 4. The van der Waals surface area contributed by atoms with E-state index in [0.29, 0.717) is 17.6 Å². The molecule has 11 aromatic rings. The van der Waals surface area contributed by atoms with Gasteiger partial charge in [0.25, 0.3) is 0 Å². The van der Waals surface area contributed by atoms with Gasteiger partial charge in [-0.05, 0) is 84.4 Å². The molecule has 0 amide bonds. The highest BCUT2D eigenvalue weighted by Gasteiger charge is 2.35. The fraction of sp³-hybridized carbons (Fsp3) is 0.0556. The third-order valence-corrected chi connectivity index (χ3v) is 12.4. The number of nitrogens with zero attached hydrogens (tertiary/aromatic N) is 4. The molecule has 0 saturated heterocycles.